The van der Waals surface area contributed by atoms with Crippen LogP contribution in [0.15, 0.2) is 59.6 Å². The average molecular weight is 450 g/mol. The molecule has 0 aliphatic carbocycles. The number of hydrogen-bond donors (Lipinski definition) is 0. The first-order valence-corrected chi connectivity index (χ1v) is 11.2. The molecule has 0 spiro atoms. The van der Waals surface area contributed by atoms with E-state index in [4.69, 9.17) is 21.3 Å². The SMILES string of the molecule is CN1CCc2nc(SCC(=O)Oc3ccccc3)c(C#N)c(-c3ccccc3Cl)c2C1. The normalized spacial score (nSPS) is 13.3. The number of esters is 1. The molecule has 1 aliphatic rings. The Labute approximate surface area is 190 Å². The maximum atomic E-state index is 12.3. The molecule has 0 amide bonds. The van der Waals surface area contributed by atoms with Crippen molar-refractivity contribution in [1.29, 1.82) is 5.26 Å². The van der Waals surface area contributed by atoms with Gasteiger partial charge in [0.05, 0.1) is 11.3 Å². The molecule has 0 saturated carbocycles. The third kappa shape index (κ3) is 4.75. The summed E-state index contributed by atoms with van der Waals surface area (Å²) in [6.07, 6.45) is 0.775. The van der Waals surface area contributed by atoms with Gasteiger partial charge in [-0.3, -0.25) is 4.79 Å². The lowest BCUT2D eigenvalue weighted by atomic mass is 9.92. The molecule has 0 radical (unpaired) electrons. The number of para-hydroxylation sites is 1. The zero-order valence-corrected chi connectivity index (χ0v) is 18.5. The zero-order chi connectivity index (χ0) is 21.8. The standard InChI is InChI=1S/C24H20ClN3O2S/c1-28-12-11-21-19(14-28)23(17-9-5-6-10-20(17)25)18(13-26)24(27-21)31-15-22(29)30-16-7-3-2-4-8-16/h2-10H,11-12,14-15H2,1H3. The Bertz CT molecular complexity index is 1160. The van der Waals surface area contributed by atoms with E-state index in [-0.39, 0.29) is 5.75 Å². The van der Waals surface area contributed by atoms with E-state index in [1.807, 2.05) is 49.5 Å². The van der Waals surface area contributed by atoms with E-state index < -0.39 is 5.97 Å². The molecule has 31 heavy (non-hydrogen) atoms. The number of likely N-dealkylation sites (N-methyl/N-ethyl adjacent to an activating group) is 1. The van der Waals surface area contributed by atoms with Gasteiger partial charge in [0.1, 0.15) is 16.8 Å². The Balaban J connectivity index is 1.70. The van der Waals surface area contributed by atoms with Crippen molar-refractivity contribution >= 4 is 29.3 Å². The first kappa shape index (κ1) is 21.4. The Morgan fingerprint density at radius 3 is 2.71 bits per heavy atom. The van der Waals surface area contributed by atoms with Gasteiger partial charge in [-0.05, 0) is 30.8 Å². The van der Waals surface area contributed by atoms with Crippen LogP contribution in [0.2, 0.25) is 5.02 Å². The van der Waals surface area contributed by atoms with Crippen molar-refractivity contribution in [3.8, 4) is 22.9 Å². The first-order valence-electron chi connectivity index (χ1n) is 9.84. The number of nitrogens with zero attached hydrogens (tertiary/aromatic N) is 3. The fraction of sp³-hybridized carbons (Fsp3) is 0.208. The second kappa shape index (κ2) is 9.52. The molecular weight excluding hydrogens is 430 g/mol. The van der Waals surface area contributed by atoms with Crippen LogP contribution in [0.3, 0.4) is 0 Å². The van der Waals surface area contributed by atoms with Gasteiger partial charge in [0.25, 0.3) is 0 Å². The number of benzene rings is 2. The molecule has 1 aromatic heterocycles. The summed E-state index contributed by atoms with van der Waals surface area (Å²) in [6.45, 7) is 1.58. The van der Waals surface area contributed by atoms with E-state index in [1.54, 1.807) is 12.1 Å². The zero-order valence-electron chi connectivity index (χ0n) is 17.0. The minimum Gasteiger partial charge on any atom is -0.426 e. The Morgan fingerprint density at radius 2 is 1.97 bits per heavy atom. The van der Waals surface area contributed by atoms with Crippen LogP contribution in [0.25, 0.3) is 11.1 Å². The molecule has 2 heterocycles. The highest BCUT2D eigenvalue weighted by Crippen LogP contribution is 2.39. The summed E-state index contributed by atoms with van der Waals surface area (Å²) in [7, 11) is 2.05. The number of carbonyl (C=O) groups excluding carboxylic acids is 1. The molecule has 1 aliphatic heterocycles. The van der Waals surface area contributed by atoms with Crippen LogP contribution < -0.4 is 4.74 Å². The van der Waals surface area contributed by atoms with Crippen LogP contribution in [-0.2, 0) is 17.8 Å². The van der Waals surface area contributed by atoms with Crippen molar-refractivity contribution in [2.24, 2.45) is 0 Å². The average Bonchev–Trinajstić information content (AvgIpc) is 2.78. The number of hydrogen-bond acceptors (Lipinski definition) is 6. The molecule has 0 saturated heterocycles. The number of pyridine rings is 1. The van der Waals surface area contributed by atoms with Crippen LogP contribution in [0.5, 0.6) is 5.75 Å². The topological polar surface area (TPSA) is 66.2 Å². The van der Waals surface area contributed by atoms with Crippen molar-refractivity contribution in [2.75, 3.05) is 19.3 Å². The molecule has 2 aromatic carbocycles. The highest BCUT2D eigenvalue weighted by molar-refractivity contribution is 7.99. The van der Waals surface area contributed by atoms with Gasteiger partial charge in [0, 0.05) is 41.4 Å². The molecular formula is C24H20ClN3O2S. The van der Waals surface area contributed by atoms with Gasteiger partial charge in [-0.2, -0.15) is 5.26 Å². The largest absolute Gasteiger partial charge is 0.426 e. The molecule has 3 aromatic rings. The van der Waals surface area contributed by atoms with Gasteiger partial charge < -0.3 is 9.64 Å². The van der Waals surface area contributed by atoms with Gasteiger partial charge in [0.2, 0.25) is 0 Å². The van der Waals surface area contributed by atoms with Crippen LogP contribution in [0.4, 0.5) is 0 Å². The van der Waals surface area contributed by atoms with E-state index in [2.05, 4.69) is 11.0 Å². The third-order valence-electron chi connectivity index (χ3n) is 5.07. The van der Waals surface area contributed by atoms with Crippen LogP contribution >= 0.6 is 23.4 Å². The fourth-order valence-electron chi connectivity index (χ4n) is 3.62. The molecule has 0 unspecified atom stereocenters. The molecule has 0 bridgehead atoms. The van der Waals surface area contributed by atoms with Crippen LogP contribution in [0, 0.1) is 11.3 Å². The highest BCUT2D eigenvalue weighted by Gasteiger charge is 2.26. The summed E-state index contributed by atoms with van der Waals surface area (Å²) >= 11 is 7.73. The van der Waals surface area contributed by atoms with Crippen molar-refractivity contribution < 1.29 is 9.53 Å². The number of nitriles is 1. The van der Waals surface area contributed by atoms with Crippen LogP contribution in [0.1, 0.15) is 16.8 Å². The predicted molar refractivity (Wildman–Crippen MR) is 122 cm³/mol. The molecule has 0 N–H and O–H groups in total. The second-order valence-electron chi connectivity index (χ2n) is 7.25. The van der Waals surface area contributed by atoms with Crippen LogP contribution in [-0.4, -0.2) is 35.2 Å². The molecule has 156 valence electrons. The number of carbonyl (C=O) groups is 1. The molecule has 0 atom stereocenters. The summed E-state index contributed by atoms with van der Waals surface area (Å²) in [5.41, 5.74) is 4.03. The van der Waals surface area contributed by atoms with Crippen molar-refractivity contribution in [2.45, 2.75) is 18.0 Å². The summed E-state index contributed by atoms with van der Waals surface area (Å²) in [6, 6.07) is 18.8. The smallest absolute Gasteiger partial charge is 0.321 e. The van der Waals surface area contributed by atoms with Gasteiger partial charge in [-0.1, -0.05) is 59.8 Å². The minimum atomic E-state index is -0.390. The van der Waals surface area contributed by atoms with Gasteiger partial charge >= 0.3 is 5.97 Å². The Morgan fingerprint density at radius 1 is 1.23 bits per heavy atom. The Hall–Kier alpha value is -2.85. The number of thioether (sulfide) groups is 1. The monoisotopic (exact) mass is 449 g/mol. The molecule has 5 nitrogen and oxygen atoms in total. The minimum absolute atomic E-state index is 0.0528. The van der Waals surface area contributed by atoms with E-state index in [1.165, 1.54) is 11.8 Å². The predicted octanol–water partition coefficient (Wildman–Crippen LogP) is 4.96. The summed E-state index contributed by atoms with van der Waals surface area (Å²) in [4.78, 5) is 19.3. The third-order valence-corrected chi connectivity index (χ3v) is 6.34. The van der Waals surface area contributed by atoms with E-state index in [0.717, 1.165) is 35.3 Å². The van der Waals surface area contributed by atoms with Gasteiger partial charge in [-0.25, -0.2) is 4.98 Å². The fourth-order valence-corrected chi connectivity index (χ4v) is 4.63. The van der Waals surface area contributed by atoms with E-state index in [0.29, 0.717) is 27.9 Å². The number of halogens is 1. The van der Waals surface area contributed by atoms with E-state index >= 15 is 0 Å². The van der Waals surface area contributed by atoms with Crippen molar-refractivity contribution in [3.63, 3.8) is 0 Å². The van der Waals surface area contributed by atoms with Crippen molar-refractivity contribution in [1.82, 2.24) is 9.88 Å². The summed E-state index contributed by atoms with van der Waals surface area (Å²) < 4.78 is 5.37. The lowest BCUT2D eigenvalue weighted by molar-refractivity contribution is -0.131. The Kier molecular flexibility index (Phi) is 6.57. The number of aromatic nitrogens is 1. The van der Waals surface area contributed by atoms with E-state index in [9.17, 15) is 10.1 Å². The molecule has 7 heteroatoms. The maximum Gasteiger partial charge on any atom is 0.321 e. The molecule has 0 fully saturated rings. The lowest BCUT2D eigenvalue weighted by Gasteiger charge is -2.28. The number of rotatable bonds is 5. The van der Waals surface area contributed by atoms with Gasteiger partial charge in [0.15, 0.2) is 0 Å². The second-order valence-corrected chi connectivity index (χ2v) is 8.62. The summed E-state index contributed by atoms with van der Waals surface area (Å²) in [5.74, 6) is 0.155. The van der Waals surface area contributed by atoms with Gasteiger partial charge in [-0.15, -0.1) is 0 Å². The number of fused-ring (bicyclic) bond motifs is 1. The lowest BCUT2D eigenvalue weighted by Crippen LogP contribution is -2.28. The van der Waals surface area contributed by atoms with Crippen molar-refractivity contribution in [3.05, 3.63) is 76.4 Å². The number of ether oxygens (including phenoxy) is 1. The first-order chi connectivity index (χ1) is 15.1. The maximum absolute atomic E-state index is 12.3. The summed E-state index contributed by atoms with van der Waals surface area (Å²) in [5, 5.41) is 11.2. The molecule has 4 rings (SSSR count). The highest BCUT2D eigenvalue weighted by atomic mass is 35.5. The quantitative estimate of drug-likeness (QED) is 0.311.